The molecule has 14 heavy (non-hydrogen) atoms. The van der Waals surface area contributed by atoms with Gasteiger partial charge < -0.3 is 11.1 Å². The van der Waals surface area contributed by atoms with Gasteiger partial charge in [0.15, 0.2) is 10.9 Å². The van der Waals surface area contributed by atoms with Gasteiger partial charge in [0.1, 0.15) is 0 Å². The third kappa shape index (κ3) is 3.41. The lowest BCUT2D eigenvalue weighted by atomic mass is 10.4. The van der Waals surface area contributed by atoms with Gasteiger partial charge in [-0.1, -0.05) is 11.3 Å². The van der Waals surface area contributed by atoms with Crippen molar-refractivity contribution in [1.82, 2.24) is 4.98 Å². The molecule has 0 atom stereocenters. The largest absolute Gasteiger partial charge is 0.322 e. The van der Waals surface area contributed by atoms with Gasteiger partial charge in [-0.3, -0.25) is 9.59 Å². The number of rotatable bonds is 3. The van der Waals surface area contributed by atoms with Crippen LogP contribution in [-0.2, 0) is 4.79 Å². The fourth-order valence-corrected chi connectivity index (χ4v) is 1.39. The molecule has 0 aliphatic carbocycles. The third-order valence-electron chi connectivity index (χ3n) is 1.28. The molecule has 0 aliphatic heterocycles. The van der Waals surface area contributed by atoms with Crippen molar-refractivity contribution >= 4 is 40.6 Å². The number of nitrogens with zero attached hydrogens (tertiary/aromatic N) is 1. The second kappa shape index (κ2) is 5.69. The molecule has 0 radical (unpaired) electrons. The van der Waals surface area contributed by atoms with Gasteiger partial charge in [-0.15, -0.1) is 12.4 Å². The fraction of sp³-hybridized carbons (Fsp3) is 0.286. The number of amides is 1. The van der Waals surface area contributed by atoms with E-state index in [2.05, 4.69) is 10.3 Å². The Kier molecular flexibility index (Phi) is 5.29. The molecule has 0 fully saturated rings. The van der Waals surface area contributed by atoms with Gasteiger partial charge in [-0.05, 0) is 0 Å². The van der Waals surface area contributed by atoms with Crippen LogP contribution in [0, 0.1) is 0 Å². The molecule has 0 aromatic carbocycles. The van der Waals surface area contributed by atoms with Crippen LogP contribution in [0.2, 0.25) is 0 Å². The maximum atomic E-state index is 10.8. The second-order valence-electron chi connectivity index (χ2n) is 2.34. The quantitative estimate of drug-likeness (QED) is 0.754. The molecular formula is C7H10ClN3O2S. The van der Waals surface area contributed by atoms with Crippen LogP contribution in [0.4, 0.5) is 5.13 Å². The van der Waals surface area contributed by atoms with E-state index < -0.39 is 0 Å². The number of anilines is 1. The lowest BCUT2D eigenvalue weighted by Gasteiger charge is -1.95. The zero-order chi connectivity index (χ0) is 9.84. The zero-order valence-corrected chi connectivity index (χ0v) is 9.08. The van der Waals surface area contributed by atoms with E-state index in [-0.39, 0.29) is 30.6 Å². The zero-order valence-electron chi connectivity index (χ0n) is 7.44. The van der Waals surface area contributed by atoms with E-state index in [4.69, 9.17) is 5.73 Å². The lowest BCUT2D eigenvalue weighted by Crippen LogP contribution is -2.21. The molecule has 1 aromatic heterocycles. The monoisotopic (exact) mass is 235 g/mol. The first-order valence-electron chi connectivity index (χ1n) is 3.60. The highest BCUT2D eigenvalue weighted by Gasteiger charge is 2.07. The highest BCUT2D eigenvalue weighted by atomic mass is 35.5. The molecule has 5 nitrogen and oxygen atoms in total. The Balaban J connectivity index is 0.00000169. The van der Waals surface area contributed by atoms with Crippen LogP contribution in [0.25, 0.3) is 0 Å². The van der Waals surface area contributed by atoms with Crippen molar-refractivity contribution in [3.63, 3.8) is 0 Å². The van der Waals surface area contributed by atoms with Gasteiger partial charge in [0.25, 0.3) is 0 Å². The Hall–Kier alpha value is -0.980. The van der Waals surface area contributed by atoms with E-state index in [0.717, 1.165) is 11.3 Å². The molecule has 0 saturated heterocycles. The number of carbonyl (C=O) groups is 2. The minimum Gasteiger partial charge on any atom is -0.322 e. The predicted molar refractivity (Wildman–Crippen MR) is 57.1 cm³/mol. The van der Waals surface area contributed by atoms with Crippen LogP contribution in [0.3, 0.4) is 0 Å². The third-order valence-corrected chi connectivity index (χ3v) is 2.30. The first-order chi connectivity index (χ1) is 6.13. The van der Waals surface area contributed by atoms with Crippen LogP contribution >= 0.6 is 23.7 Å². The number of carbonyl (C=O) groups excluding carboxylic acids is 2. The number of halogens is 1. The molecule has 0 saturated carbocycles. The van der Waals surface area contributed by atoms with Crippen molar-refractivity contribution in [3.05, 3.63) is 11.1 Å². The van der Waals surface area contributed by atoms with Crippen molar-refractivity contribution in [2.24, 2.45) is 5.73 Å². The average Bonchev–Trinajstić information content (AvgIpc) is 2.52. The molecule has 3 N–H and O–H groups in total. The molecule has 1 aromatic rings. The van der Waals surface area contributed by atoms with Crippen LogP contribution in [-0.4, -0.2) is 23.2 Å². The Bertz CT molecular complexity index is 339. The van der Waals surface area contributed by atoms with E-state index in [9.17, 15) is 9.59 Å². The number of thiazole rings is 1. The standard InChI is InChI=1S/C7H9N3O2S.ClH/c1-4(11)5-3-9-7(13-5)10-6(12)2-8;/h3H,2,8H2,1H3,(H,9,10,12);1H. The minimum atomic E-state index is -0.315. The molecule has 78 valence electrons. The van der Waals surface area contributed by atoms with Crippen molar-refractivity contribution in [2.75, 3.05) is 11.9 Å². The first kappa shape index (κ1) is 13.0. The SMILES string of the molecule is CC(=O)c1cnc(NC(=O)CN)s1.Cl. The van der Waals surface area contributed by atoms with Crippen molar-refractivity contribution in [2.45, 2.75) is 6.92 Å². The fourth-order valence-electron chi connectivity index (χ4n) is 0.665. The Morgan fingerprint density at radius 3 is 2.71 bits per heavy atom. The summed E-state index contributed by atoms with van der Waals surface area (Å²) in [4.78, 5) is 26.0. The smallest absolute Gasteiger partial charge is 0.239 e. The van der Waals surface area contributed by atoms with E-state index in [1.54, 1.807) is 0 Å². The lowest BCUT2D eigenvalue weighted by molar-refractivity contribution is -0.114. The van der Waals surface area contributed by atoms with E-state index in [1.807, 2.05) is 0 Å². The summed E-state index contributed by atoms with van der Waals surface area (Å²) in [6, 6.07) is 0. The number of nitrogens with two attached hydrogens (primary N) is 1. The number of nitrogens with one attached hydrogen (secondary N) is 1. The Labute approximate surface area is 91.1 Å². The average molecular weight is 236 g/mol. The van der Waals surface area contributed by atoms with E-state index in [1.165, 1.54) is 13.1 Å². The Morgan fingerprint density at radius 1 is 1.64 bits per heavy atom. The van der Waals surface area contributed by atoms with Crippen molar-refractivity contribution < 1.29 is 9.59 Å². The number of ketones is 1. The van der Waals surface area contributed by atoms with Crippen molar-refractivity contribution in [3.8, 4) is 0 Å². The second-order valence-corrected chi connectivity index (χ2v) is 3.37. The molecule has 1 amide bonds. The van der Waals surface area contributed by atoms with Crippen LogP contribution in [0.5, 0.6) is 0 Å². The van der Waals surface area contributed by atoms with Gasteiger partial charge in [0.05, 0.1) is 17.6 Å². The van der Waals surface area contributed by atoms with Crippen LogP contribution < -0.4 is 11.1 Å². The Morgan fingerprint density at radius 2 is 2.29 bits per heavy atom. The summed E-state index contributed by atoms with van der Waals surface area (Å²) in [5.41, 5.74) is 5.08. The summed E-state index contributed by atoms with van der Waals surface area (Å²) >= 11 is 1.14. The van der Waals surface area contributed by atoms with Gasteiger partial charge >= 0.3 is 0 Å². The summed E-state index contributed by atoms with van der Waals surface area (Å²) in [5.74, 6) is -0.379. The van der Waals surface area contributed by atoms with Gasteiger partial charge in [0, 0.05) is 6.92 Å². The number of aromatic nitrogens is 1. The highest BCUT2D eigenvalue weighted by molar-refractivity contribution is 7.17. The molecule has 7 heteroatoms. The molecule has 0 bridgehead atoms. The number of hydrogen-bond acceptors (Lipinski definition) is 5. The normalized spacial score (nSPS) is 9.00. The topological polar surface area (TPSA) is 85.1 Å². The van der Waals surface area contributed by atoms with E-state index >= 15 is 0 Å². The summed E-state index contributed by atoms with van der Waals surface area (Å²) in [6.45, 7) is 1.36. The summed E-state index contributed by atoms with van der Waals surface area (Å²) in [7, 11) is 0. The summed E-state index contributed by atoms with van der Waals surface area (Å²) < 4.78 is 0. The maximum Gasteiger partial charge on any atom is 0.239 e. The minimum absolute atomic E-state index is 0. The molecule has 1 heterocycles. The number of hydrogen-bond donors (Lipinski definition) is 2. The summed E-state index contributed by atoms with van der Waals surface area (Å²) in [6.07, 6.45) is 1.43. The number of Topliss-reactive ketones (excluding diaryl/α,β-unsaturated/α-hetero) is 1. The maximum absolute atomic E-state index is 10.8. The molecular weight excluding hydrogens is 226 g/mol. The highest BCUT2D eigenvalue weighted by Crippen LogP contribution is 2.17. The molecule has 1 rings (SSSR count). The predicted octanol–water partition coefficient (Wildman–Crippen LogP) is 0.665. The van der Waals surface area contributed by atoms with Crippen molar-refractivity contribution in [1.29, 1.82) is 0 Å². The van der Waals surface area contributed by atoms with Crippen LogP contribution in [0.15, 0.2) is 6.20 Å². The summed E-state index contributed by atoms with van der Waals surface area (Å²) in [5, 5.41) is 2.86. The van der Waals surface area contributed by atoms with Crippen LogP contribution in [0.1, 0.15) is 16.6 Å². The van der Waals surface area contributed by atoms with Gasteiger partial charge in [-0.2, -0.15) is 0 Å². The van der Waals surface area contributed by atoms with Gasteiger partial charge in [0.2, 0.25) is 5.91 Å². The van der Waals surface area contributed by atoms with Gasteiger partial charge in [-0.25, -0.2) is 4.98 Å². The molecule has 0 spiro atoms. The molecule has 0 unspecified atom stereocenters. The first-order valence-corrected chi connectivity index (χ1v) is 4.42. The molecule has 0 aliphatic rings. The van der Waals surface area contributed by atoms with E-state index in [0.29, 0.717) is 10.0 Å².